The number of ether oxygens (including phenoxy) is 1. The number of nitrogens with zero attached hydrogens (tertiary/aromatic N) is 1. The highest BCUT2D eigenvalue weighted by Crippen LogP contribution is 2.18. The normalized spacial score (nSPS) is 11.2. The summed E-state index contributed by atoms with van der Waals surface area (Å²) in [5, 5.41) is 0. The minimum Gasteiger partial charge on any atom is -0.481 e. The second-order valence-electron chi connectivity index (χ2n) is 4.94. The molecule has 0 amide bonds. The highest BCUT2D eigenvalue weighted by molar-refractivity contribution is 7.92. The van der Waals surface area contributed by atoms with Gasteiger partial charge in [-0.2, -0.15) is 0 Å². The van der Waals surface area contributed by atoms with E-state index in [9.17, 15) is 8.42 Å². The van der Waals surface area contributed by atoms with Gasteiger partial charge in [0, 0.05) is 6.07 Å². The molecular weight excluding hydrogens is 300 g/mol. The van der Waals surface area contributed by atoms with Crippen molar-refractivity contribution in [2.75, 3.05) is 11.8 Å². The number of sulfonamides is 1. The minimum atomic E-state index is -3.60. The summed E-state index contributed by atoms with van der Waals surface area (Å²) in [7, 11) is -2.09. The van der Waals surface area contributed by atoms with E-state index >= 15 is 0 Å². The average Bonchev–Trinajstić information content (AvgIpc) is 2.53. The fourth-order valence-electron chi connectivity index (χ4n) is 1.99. The Morgan fingerprint density at radius 3 is 2.41 bits per heavy atom. The van der Waals surface area contributed by atoms with E-state index < -0.39 is 10.0 Å². The van der Waals surface area contributed by atoms with Crippen molar-refractivity contribution in [3.05, 3.63) is 48.2 Å². The van der Waals surface area contributed by atoms with Crippen LogP contribution in [0.1, 0.15) is 25.3 Å². The molecule has 0 aliphatic rings. The number of aryl methyl sites for hydroxylation is 1. The van der Waals surface area contributed by atoms with E-state index in [1.807, 2.05) is 12.1 Å². The Hall–Kier alpha value is -2.08. The first-order chi connectivity index (χ1) is 10.5. The van der Waals surface area contributed by atoms with E-state index in [2.05, 4.69) is 16.6 Å². The maximum absolute atomic E-state index is 12.3. The van der Waals surface area contributed by atoms with Crippen LogP contribution in [0.4, 0.5) is 5.69 Å². The van der Waals surface area contributed by atoms with Gasteiger partial charge in [0.2, 0.25) is 5.88 Å². The SMILES string of the molecule is CCCCc1ccc(S(=O)(=O)Nc2ccc(OC)nc2)cc1. The lowest BCUT2D eigenvalue weighted by Gasteiger charge is -2.09. The van der Waals surface area contributed by atoms with E-state index in [0.29, 0.717) is 11.6 Å². The molecule has 0 saturated heterocycles. The number of hydrogen-bond acceptors (Lipinski definition) is 4. The molecule has 0 unspecified atom stereocenters. The molecule has 0 spiro atoms. The Labute approximate surface area is 131 Å². The number of benzene rings is 1. The van der Waals surface area contributed by atoms with Gasteiger partial charge in [-0.1, -0.05) is 25.5 Å². The van der Waals surface area contributed by atoms with Crippen molar-refractivity contribution in [3.63, 3.8) is 0 Å². The van der Waals surface area contributed by atoms with Crippen LogP contribution in [-0.4, -0.2) is 20.5 Å². The third-order valence-corrected chi connectivity index (χ3v) is 4.65. The first kappa shape index (κ1) is 16.3. The molecule has 1 heterocycles. The predicted molar refractivity (Wildman–Crippen MR) is 86.7 cm³/mol. The standard InChI is InChI=1S/C16H20N2O3S/c1-3-4-5-13-6-9-15(10-7-13)22(19,20)18-14-8-11-16(21-2)17-12-14/h6-12,18H,3-5H2,1-2H3. The lowest BCUT2D eigenvalue weighted by Crippen LogP contribution is -2.13. The van der Waals surface area contributed by atoms with Gasteiger partial charge in [-0.05, 0) is 36.6 Å². The lowest BCUT2D eigenvalue weighted by molar-refractivity contribution is 0.398. The number of pyridine rings is 1. The third kappa shape index (κ3) is 4.21. The van der Waals surface area contributed by atoms with Crippen molar-refractivity contribution in [1.29, 1.82) is 0 Å². The van der Waals surface area contributed by atoms with E-state index in [1.165, 1.54) is 13.3 Å². The van der Waals surface area contributed by atoms with Crippen LogP contribution in [0, 0.1) is 0 Å². The summed E-state index contributed by atoms with van der Waals surface area (Å²) in [5.74, 6) is 0.434. The van der Waals surface area contributed by atoms with Gasteiger partial charge < -0.3 is 4.74 Å². The summed E-state index contributed by atoms with van der Waals surface area (Å²) in [4.78, 5) is 4.21. The van der Waals surface area contributed by atoms with Crippen molar-refractivity contribution in [2.45, 2.75) is 31.1 Å². The Balaban J connectivity index is 2.11. The minimum absolute atomic E-state index is 0.239. The Kier molecular flexibility index (Phi) is 5.38. The smallest absolute Gasteiger partial charge is 0.261 e. The van der Waals surface area contributed by atoms with Gasteiger partial charge in [-0.3, -0.25) is 4.72 Å². The van der Waals surface area contributed by atoms with Gasteiger partial charge in [0.1, 0.15) is 0 Å². The van der Waals surface area contributed by atoms with E-state index in [-0.39, 0.29) is 4.90 Å². The summed E-state index contributed by atoms with van der Waals surface area (Å²) in [6.07, 6.45) is 4.60. The molecule has 6 heteroatoms. The molecule has 1 aromatic carbocycles. The number of unbranched alkanes of at least 4 members (excludes halogenated alkanes) is 1. The zero-order valence-corrected chi connectivity index (χ0v) is 13.6. The first-order valence-corrected chi connectivity index (χ1v) is 8.65. The summed E-state index contributed by atoms with van der Waals surface area (Å²) < 4.78 is 32.1. The molecule has 118 valence electrons. The van der Waals surface area contributed by atoms with Crippen molar-refractivity contribution >= 4 is 15.7 Å². The number of hydrogen-bond donors (Lipinski definition) is 1. The fourth-order valence-corrected chi connectivity index (χ4v) is 3.03. The summed E-state index contributed by atoms with van der Waals surface area (Å²) in [6, 6.07) is 10.2. The molecule has 0 radical (unpaired) electrons. The molecule has 2 rings (SSSR count). The van der Waals surface area contributed by atoms with Crippen molar-refractivity contribution < 1.29 is 13.2 Å². The van der Waals surface area contributed by atoms with Crippen LogP contribution in [0.15, 0.2) is 47.5 Å². The van der Waals surface area contributed by atoms with Gasteiger partial charge >= 0.3 is 0 Å². The largest absolute Gasteiger partial charge is 0.481 e. The van der Waals surface area contributed by atoms with Crippen LogP contribution in [0.3, 0.4) is 0 Å². The quantitative estimate of drug-likeness (QED) is 0.850. The predicted octanol–water partition coefficient (Wildman–Crippen LogP) is 3.23. The average molecular weight is 320 g/mol. The second-order valence-corrected chi connectivity index (χ2v) is 6.62. The number of anilines is 1. The fraction of sp³-hybridized carbons (Fsp3) is 0.312. The van der Waals surface area contributed by atoms with Gasteiger partial charge in [0.15, 0.2) is 0 Å². The van der Waals surface area contributed by atoms with Crippen molar-refractivity contribution in [1.82, 2.24) is 4.98 Å². The molecule has 0 bridgehead atoms. The molecule has 0 aliphatic heterocycles. The van der Waals surface area contributed by atoms with Crippen LogP contribution in [0.2, 0.25) is 0 Å². The highest BCUT2D eigenvalue weighted by Gasteiger charge is 2.14. The number of aromatic nitrogens is 1. The molecule has 0 aliphatic carbocycles. The first-order valence-electron chi connectivity index (χ1n) is 7.17. The Morgan fingerprint density at radius 2 is 1.86 bits per heavy atom. The van der Waals surface area contributed by atoms with Crippen LogP contribution < -0.4 is 9.46 Å². The van der Waals surface area contributed by atoms with Crippen LogP contribution in [0.25, 0.3) is 0 Å². The van der Waals surface area contributed by atoms with E-state index in [0.717, 1.165) is 24.8 Å². The number of methoxy groups -OCH3 is 1. The molecule has 0 saturated carbocycles. The molecule has 22 heavy (non-hydrogen) atoms. The van der Waals surface area contributed by atoms with Gasteiger partial charge in [0.25, 0.3) is 10.0 Å². The van der Waals surface area contributed by atoms with Gasteiger partial charge in [0.05, 0.1) is 23.9 Å². The zero-order valence-electron chi connectivity index (χ0n) is 12.7. The maximum atomic E-state index is 12.3. The number of nitrogens with one attached hydrogen (secondary N) is 1. The van der Waals surface area contributed by atoms with Crippen LogP contribution >= 0.6 is 0 Å². The topological polar surface area (TPSA) is 68.3 Å². The van der Waals surface area contributed by atoms with Gasteiger partial charge in [-0.15, -0.1) is 0 Å². The summed E-state index contributed by atoms with van der Waals surface area (Å²) in [5.41, 5.74) is 1.54. The summed E-state index contributed by atoms with van der Waals surface area (Å²) in [6.45, 7) is 2.13. The molecule has 2 aromatic rings. The van der Waals surface area contributed by atoms with Crippen molar-refractivity contribution in [2.24, 2.45) is 0 Å². The lowest BCUT2D eigenvalue weighted by atomic mass is 10.1. The maximum Gasteiger partial charge on any atom is 0.261 e. The third-order valence-electron chi connectivity index (χ3n) is 3.25. The monoisotopic (exact) mass is 320 g/mol. The molecule has 5 nitrogen and oxygen atoms in total. The molecule has 1 N–H and O–H groups in total. The van der Waals surface area contributed by atoms with E-state index in [1.54, 1.807) is 24.3 Å². The van der Waals surface area contributed by atoms with Gasteiger partial charge in [-0.25, -0.2) is 13.4 Å². The highest BCUT2D eigenvalue weighted by atomic mass is 32.2. The molecule has 0 fully saturated rings. The van der Waals surface area contributed by atoms with Crippen molar-refractivity contribution in [3.8, 4) is 5.88 Å². The zero-order chi connectivity index (χ0) is 16.0. The summed E-state index contributed by atoms with van der Waals surface area (Å²) >= 11 is 0. The van der Waals surface area contributed by atoms with Crippen LogP contribution in [0.5, 0.6) is 5.88 Å². The van der Waals surface area contributed by atoms with Crippen LogP contribution in [-0.2, 0) is 16.4 Å². The number of rotatable bonds is 7. The molecule has 1 aromatic heterocycles. The molecular formula is C16H20N2O3S. The Bertz CT molecular complexity index is 695. The molecule has 0 atom stereocenters. The second kappa shape index (κ2) is 7.26. The Morgan fingerprint density at radius 1 is 1.14 bits per heavy atom. The van der Waals surface area contributed by atoms with E-state index in [4.69, 9.17) is 4.74 Å².